The van der Waals surface area contributed by atoms with Gasteiger partial charge >= 0.3 is 0 Å². The van der Waals surface area contributed by atoms with Crippen LogP contribution in [0, 0.1) is 0 Å². The molecule has 0 radical (unpaired) electrons. The Morgan fingerprint density at radius 2 is 0.745 bits per heavy atom. The topological polar surface area (TPSA) is 64.5 Å². The molecule has 0 amide bonds. The fourth-order valence-corrected chi connectivity index (χ4v) is 8.24. The fourth-order valence-electron chi connectivity index (χ4n) is 6.98. The van der Waals surface area contributed by atoms with Crippen LogP contribution in [0.3, 0.4) is 0 Å². The average molecular weight is 722 g/mol. The Kier molecular flexibility index (Phi) is 8.28. The van der Waals surface area contributed by atoms with Gasteiger partial charge in [0, 0.05) is 53.6 Å². The molecule has 0 spiro atoms. The molecule has 0 aliphatic carbocycles. The molecule has 0 N–H and O–H groups in total. The summed E-state index contributed by atoms with van der Waals surface area (Å²) in [7, 11) is 0. The van der Waals surface area contributed by atoms with Gasteiger partial charge in [0.1, 0.15) is 0 Å². The number of benzene rings is 7. The first-order valence-corrected chi connectivity index (χ1v) is 19.0. The SMILES string of the molecule is c1ccc(-c2cc(-c3ccc(-c4ccc5c(c4)sc4c(-c6nc(-c7ccccc7)nc(-c7ccccc7)n6)cccc45)cc3)nc(-c3ccccc3)n2)cc1. The number of hydrogen-bond donors (Lipinski definition) is 0. The van der Waals surface area contributed by atoms with E-state index in [9.17, 15) is 0 Å². The van der Waals surface area contributed by atoms with Crippen LogP contribution in [0.1, 0.15) is 0 Å². The molecule has 5 nitrogen and oxygen atoms in total. The van der Waals surface area contributed by atoms with Crippen molar-refractivity contribution >= 4 is 31.5 Å². The van der Waals surface area contributed by atoms with Crippen LogP contribution < -0.4 is 0 Å². The quantitative estimate of drug-likeness (QED) is 0.164. The molecule has 7 aromatic carbocycles. The normalized spacial score (nSPS) is 11.3. The molecule has 0 saturated heterocycles. The minimum Gasteiger partial charge on any atom is -0.228 e. The van der Waals surface area contributed by atoms with E-state index in [1.54, 1.807) is 11.3 Å². The molecule has 10 rings (SSSR count). The third kappa shape index (κ3) is 6.35. The first-order valence-electron chi connectivity index (χ1n) is 18.2. The number of thiophene rings is 1. The van der Waals surface area contributed by atoms with Gasteiger partial charge < -0.3 is 0 Å². The summed E-state index contributed by atoms with van der Waals surface area (Å²) in [5.41, 5.74) is 10.1. The zero-order valence-corrected chi connectivity index (χ0v) is 30.4. The van der Waals surface area contributed by atoms with Crippen LogP contribution in [0.25, 0.3) is 99.4 Å². The maximum Gasteiger partial charge on any atom is 0.165 e. The third-order valence-electron chi connectivity index (χ3n) is 9.78. The molecular weight excluding hydrogens is 691 g/mol. The van der Waals surface area contributed by atoms with E-state index in [1.807, 2.05) is 97.1 Å². The van der Waals surface area contributed by atoms with Crippen LogP contribution in [-0.4, -0.2) is 24.9 Å². The van der Waals surface area contributed by atoms with Gasteiger partial charge in [-0.1, -0.05) is 170 Å². The number of fused-ring (bicyclic) bond motifs is 3. The molecule has 10 aromatic rings. The zero-order chi connectivity index (χ0) is 36.6. The van der Waals surface area contributed by atoms with Crippen molar-refractivity contribution in [1.82, 2.24) is 24.9 Å². The molecule has 3 aromatic heterocycles. The van der Waals surface area contributed by atoms with Gasteiger partial charge in [-0.15, -0.1) is 11.3 Å². The Morgan fingerprint density at radius 1 is 0.291 bits per heavy atom. The largest absolute Gasteiger partial charge is 0.228 e. The van der Waals surface area contributed by atoms with Crippen molar-refractivity contribution in [1.29, 1.82) is 0 Å². The minimum absolute atomic E-state index is 0.655. The van der Waals surface area contributed by atoms with Crippen molar-refractivity contribution < 1.29 is 0 Å². The Labute approximate surface area is 322 Å². The van der Waals surface area contributed by atoms with Gasteiger partial charge in [-0.3, -0.25) is 0 Å². The molecule has 0 saturated carbocycles. The molecule has 0 bridgehead atoms. The van der Waals surface area contributed by atoms with Crippen molar-refractivity contribution in [2.45, 2.75) is 0 Å². The Bertz CT molecular complexity index is 2830. The van der Waals surface area contributed by atoms with Gasteiger partial charge in [-0.05, 0) is 29.3 Å². The lowest BCUT2D eigenvalue weighted by Gasteiger charge is -2.10. The second-order valence-electron chi connectivity index (χ2n) is 13.3. The second-order valence-corrected chi connectivity index (χ2v) is 14.4. The number of hydrogen-bond acceptors (Lipinski definition) is 6. The van der Waals surface area contributed by atoms with Gasteiger partial charge in [0.05, 0.1) is 11.4 Å². The highest BCUT2D eigenvalue weighted by Crippen LogP contribution is 2.41. The number of aromatic nitrogens is 5. The second kappa shape index (κ2) is 14.0. The molecule has 0 fully saturated rings. The number of rotatable bonds is 7. The summed E-state index contributed by atoms with van der Waals surface area (Å²) in [4.78, 5) is 25.0. The van der Waals surface area contributed by atoms with Gasteiger partial charge in [-0.2, -0.15) is 0 Å². The Hall–Kier alpha value is -7.15. The predicted molar refractivity (Wildman–Crippen MR) is 226 cm³/mol. The summed E-state index contributed by atoms with van der Waals surface area (Å²) in [6.07, 6.45) is 0. The first kappa shape index (κ1) is 32.5. The van der Waals surface area contributed by atoms with Crippen molar-refractivity contribution in [2.24, 2.45) is 0 Å². The van der Waals surface area contributed by atoms with E-state index in [0.717, 1.165) is 60.6 Å². The minimum atomic E-state index is 0.655. The predicted octanol–water partition coefficient (Wildman–Crippen LogP) is 12.7. The van der Waals surface area contributed by atoms with Crippen LogP contribution in [0.2, 0.25) is 0 Å². The van der Waals surface area contributed by atoms with Crippen molar-refractivity contribution in [3.63, 3.8) is 0 Å². The van der Waals surface area contributed by atoms with Crippen molar-refractivity contribution in [2.75, 3.05) is 0 Å². The van der Waals surface area contributed by atoms with Crippen LogP contribution in [0.15, 0.2) is 188 Å². The molecule has 3 heterocycles. The molecule has 0 atom stereocenters. The van der Waals surface area contributed by atoms with Crippen molar-refractivity contribution in [3.8, 4) is 79.2 Å². The standard InChI is InChI=1S/C49H31N5S/c1-5-14-33(15-6-1)42-31-43(51-46(50-42)35-16-7-2-8-17-35)34-26-24-32(25-27-34)38-28-29-39-40-22-13-23-41(45(40)55-44(39)30-38)49-53-47(36-18-9-3-10-19-36)52-48(54-49)37-20-11-4-12-21-37/h1-31H. The molecule has 258 valence electrons. The van der Waals surface area contributed by atoms with E-state index in [-0.39, 0.29) is 0 Å². The van der Waals surface area contributed by atoms with E-state index in [1.165, 1.54) is 15.5 Å². The maximum atomic E-state index is 5.04. The molecule has 6 heteroatoms. The van der Waals surface area contributed by atoms with E-state index in [2.05, 4.69) is 91.0 Å². The smallest absolute Gasteiger partial charge is 0.165 e. The zero-order valence-electron chi connectivity index (χ0n) is 29.5. The summed E-state index contributed by atoms with van der Waals surface area (Å²) in [5, 5.41) is 2.40. The van der Waals surface area contributed by atoms with Crippen LogP contribution in [0.4, 0.5) is 0 Å². The highest BCUT2D eigenvalue weighted by molar-refractivity contribution is 7.26. The molecule has 0 aliphatic rings. The lowest BCUT2D eigenvalue weighted by Crippen LogP contribution is -2.00. The Morgan fingerprint density at radius 3 is 1.31 bits per heavy atom. The van der Waals surface area contributed by atoms with Crippen LogP contribution >= 0.6 is 11.3 Å². The van der Waals surface area contributed by atoms with Gasteiger partial charge in [0.25, 0.3) is 0 Å². The number of nitrogens with zero attached hydrogens (tertiary/aromatic N) is 5. The van der Waals surface area contributed by atoms with Crippen LogP contribution in [0.5, 0.6) is 0 Å². The summed E-state index contributed by atoms with van der Waals surface area (Å²) >= 11 is 1.78. The maximum absolute atomic E-state index is 5.04. The lowest BCUT2D eigenvalue weighted by molar-refractivity contribution is 1.08. The highest BCUT2D eigenvalue weighted by Gasteiger charge is 2.17. The van der Waals surface area contributed by atoms with Gasteiger partial charge in [0.2, 0.25) is 0 Å². The van der Waals surface area contributed by atoms with E-state index in [0.29, 0.717) is 23.3 Å². The van der Waals surface area contributed by atoms with Gasteiger partial charge in [-0.25, -0.2) is 24.9 Å². The molecule has 55 heavy (non-hydrogen) atoms. The summed E-state index contributed by atoms with van der Waals surface area (Å²) in [6.45, 7) is 0. The van der Waals surface area contributed by atoms with Gasteiger partial charge in [0.15, 0.2) is 23.3 Å². The van der Waals surface area contributed by atoms with Crippen LogP contribution in [-0.2, 0) is 0 Å². The molecule has 0 unspecified atom stereocenters. The molecule has 0 aliphatic heterocycles. The summed E-state index contributed by atoms with van der Waals surface area (Å²) in [6, 6.07) is 64.6. The average Bonchev–Trinajstić information content (AvgIpc) is 3.66. The monoisotopic (exact) mass is 721 g/mol. The first-order chi connectivity index (χ1) is 27.2. The molecular formula is C49H31N5S. The summed E-state index contributed by atoms with van der Waals surface area (Å²) < 4.78 is 2.36. The fraction of sp³-hybridized carbons (Fsp3) is 0. The lowest BCUT2D eigenvalue weighted by atomic mass is 10.0. The summed E-state index contributed by atoms with van der Waals surface area (Å²) in [5.74, 6) is 2.68. The highest BCUT2D eigenvalue weighted by atomic mass is 32.1. The van der Waals surface area contributed by atoms with Crippen molar-refractivity contribution in [3.05, 3.63) is 188 Å². The Balaban J connectivity index is 1.03. The van der Waals surface area contributed by atoms with E-state index >= 15 is 0 Å². The van der Waals surface area contributed by atoms with E-state index in [4.69, 9.17) is 24.9 Å². The third-order valence-corrected chi connectivity index (χ3v) is 11.0. The van der Waals surface area contributed by atoms with E-state index < -0.39 is 0 Å².